The second-order valence-electron chi connectivity index (χ2n) is 11.7. The van der Waals surface area contributed by atoms with Gasteiger partial charge in [-0.25, -0.2) is 9.59 Å². The van der Waals surface area contributed by atoms with Gasteiger partial charge >= 0.3 is 12.1 Å². The maximum atomic E-state index is 13.2. The number of nitrogens with two attached hydrogens (primary N) is 1. The zero-order valence-corrected chi connectivity index (χ0v) is 27.9. The average Bonchev–Trinajstić information content (AvgIpc) is 3.42. The van der Waals surface area contributed by atoms with Gasteiger partial charge in [0, 0.05) is 37.5 Å². The summed E-state index contributed by atoms with van der Waals surface area (Å²) in [6.45, 7) is 1.11. The van der Waals surface area contributed by atoms with Gasteiger partial charge in [-0.15, -0.1) is 0 Å². The Balaban J connectivity index is 1.63. The zero-order chi connectivity index (χ0) is 34.0. The van der Waals surface area contributed by atoms with Crippen LogP contribution < -0.4 is 40.6 Å². The van der Waals surface area contributed by atoms with Crippen LogP contribution in [-0.4, -0.2) is 53.6 Å². The lowest BCUT2D eigenvalue weighted by molar-refractivity contribution is 0.236. The molecular formula is C38H44N4O6. The standard InChI is InChI=1S/C38H44N4O6/c1-45-31-16-15-26(20-32(31)46-2)34-30(23-42-38(44)41-22-25-13-9-6-10-14-25)27(17-18-40-37(39)43)28-21-33(47-3)36(48-4)29(35(28)34)19-24-11-7-5-8-12-24/h5-16,20-21,27,30,34H,17-19,22-23H2,1-4H3,(H3,39,40,43)(H2,41,42,44). The summed E-state index contributed by atoms with van der Waals surface area (Å²) in [4.78, 5) is 25.0. The Hall–Kier alpha value is -5.38. The van der Waals surface area contributed by atoms with E-state index in [1.165, 1.54) is 0 Å². The van der Waals surface area contributed by atoms with Crippen LogP contribution in [0.15, 0.2) is 84.9 Å². The van der Waals surface area contributed by atoms with E-state index in [0.717, 1.165) is 33.4 Å². The molecule has 3 unspecified atom stereocenters. The Morgan fingerprint density at radius 3 is 2.02 bits per heavy atom. The van der Waals surface area contributed by atoms with Crippen molar-refractivity contribution in [1.82, 2.24) is 16.0 Å². The van der Waals surface area contributed by atoms with Gasteiger partial charge in [0.25, 0.3) is 0 Å². The van der Waals surface area contributed by atoms with Crippen LogP contribution in [-0.2, 0) is 13.0 Å². The molecule has 1 aliphatic rings. The molecule has 1 aliphatic carbocycles. The molecule has 0 bridgehead atoms. The van der Waals surface area contributed by atoms with Gasteiger partial charge in [-0.05, 0) is 64.3 Å². The van der Waals surface area contributed by atoms with Crippen molar-refractivity contribution in [2.24, 2.45) is 11.7 Å². The molecule has 10 nitrogen and oxygen atoms in total. The summed E-state index contributed by atoms with van der Waals surface area (Å²) in [6.07, 6.45) is 1.18. The number of amides is 4. The lowest BCUT2D eigenvalue weighted by Gasteiger charge is -2.28. The summed E-state index contributed by atoms with van der Waals surface area (Å²) in [6, 6.07) is 27.1. The average molecular weight is 653 g/mol. The quantitative estimate of drug-likeness (QED) is 0.138. The normalized spacial score (nSPS) is 16.4. The van der Waals surface area contributed by atoms with Crippen LogP contribution >= 0.6 is 0 Å². The summed E-state index contributed by atoms with van der Waals surface area (Å²) < 4.78 is 23.3. The highest BCUT2D eigenvalue weighted by Gasteiger charge is 2.44. The number of fused-ring (bicyclic) bond motifs is 1. The first-order valence-electron chi connectivity index (χ1n) is 16.0. The van der Waals surface area contributed by atoms with E-state index in [2.05, 4.69) is 28.1 Å². The van der Waals surface area contributed by atoms with E-state index in [4.69, 9.17) is 24.7 Å². The van der Waals surface area contributed by atoms with Crippen LogP contribution in [0.5, 0.6) is 23.0 Å². The Bertz CT molecular complexity index is 1700. The van der Waals surface area contributed by atoms with Crippen molar-refractivity contribution in [3.63, 3.8) is 0 Å². The molecule has 0 radical (unpaired) electrons. The smallest absolute Gasteiger partial charge is 0.315 e. The third-order valence-corrected chi connectivity index (χ3v) is 9.04. The van der Waals surface area contributed by atoms with Crippen LogP contribution in [0, 0.1) is 5.92 Å². The van der Waals surface area contributed by atoms with E-state index in [1.807, 2.05) is 72.8 Å². The number of rotatable bonds is 14. The summed E-state index contributed by atoms with van der Waals surface area (Å²) in [5.41, 5.74) is 11.8. The third kappa shape index (κ3) is 7.60. The maximum absolute atomic E-state index is 13.2. The summed E-state index contributed by atoms with van der Waals surface area (Å²) in [5.74, 6) is 2.10. The van der Waals surface area contributed by atoms with Crippen LogP contribution in [0.4, 0.5) is 9.59 Å². The van der Waals surface area contributed by atoms with Crippen molar-refractivity contribution in [1.29, 1.82) is 0 Å². The fourth-order valence-electron chi connectivity index (χ4n) is 6.92. The van der Waals surface area contributed by atoms with E-state index in [-0.39, 0.29) is 23.8 Å². The Morgan fingerprint density at radius 2 is 1.40 bits per heavy atom. The van der Waals surface area contributed by atoms with Gasteiger partial charge in [0.2, 0.25) is 0 Å². The van der Waals surface area contributed by atoms with Crippen molar-refractivity contribution < 1.29 is 28.5 Å². The highest BCUT2D eigenvalue weighted by atomic mass is 16.5. The molecule has 0 aromatic heterocycles. The van der Waals surface area contributed by atoms with Gasteiger partial charge in [0.1, 0.15) is 0 Å². The van der Waals surface area contributed by atoms with Gasteiger partial charge in [-0.2, -0.15) is 0 Å². The predicted octanol–water partition coefficient (Wildman–Crippen LogP) is 5.71. The number of urea groups is 2. The van der Waals surface area contributed by atoms with E-state index in [0.29, 0.717) is 55.5 Å². The molecule has 3 atom stereocenters. The lowest BCUT2D eigenvalue weighted by atomic mass is 9.80. The molecule has 0 spiro atoms. The molecule has 5 N–H and O–H groups in total. The molecule has 252 valence electrons. The van der Waals surface area contributed by atoms with Crippen molar-refractivity contribution in [3.05, 3.63) is 118 Å². The Kier molecular flexibility index (Phi) is 11.3. The monoisotopic (exact) mass is 652 g/mol. The van der Waals surface area contributed by atoms with Crippen LogP contribution in [0.3, 0.4) is 0 Å². The summed E-state index contributed by atoms with van der Waals surface area (Å²) in [7, 11) is 6.52. The number of carbonyl (C=O) groups excluding carboxylic acids is 2. The van der Waals surface area contributed by atoms with Crippen molar-refractivity contribution in [2.45, 2.75) is 31.2 Å². The van der Waals surface area contributed by atoms with E-state index < -0.39 is 6.03 Å². The Morgan fingerprint density at radius 1 is 0.729 bits per heavy atom. The molecule has 5 rings (SSSR count). The largest absolute Gasteiger partial charge is 0.493 e. The third-order valence-electron chi connectivity index (χ3n) is 9.04. The first kappa shape index (κ1) is 34.0. The number of primary amides is 1. The predicted molar refractivity (Wildman–Crippen MR) is 185 cm³/mol. The van der Waals surface area contributed by atoms with Crippen LogP contribution in [0.2, 0.25) is 0 Å². The fraction of sp³-hybridized carbons (Fsp3) is 0.316. The van der Waals surface area contributed by atoms with Gasteiger partial charge in [0.15, 0.2) is 23.0 Å². The molecule has 4 aromatic rings. The fourth-order valence-corrected chi connectivity index (χ4v) is 6.92. The Labute approximate surface area is 281 Å². The first-order chi connectivity index (χ1) is 23.4. The minimum Gasteiger partial charge on any atom is -0.493 e. The van der Waals surface area contributed by atoms with Gasteiger partial charge in [-0.1, -0.05) is 66.7 Å². The molecule has 0 aliphatic heterocycles. The molecule has 0 heterocycles. The number of benzene rings is 4. The molecule has 10 heteroatoms. The second-order valence-corrected chi connectivity index (χ2v) is 11.7. The number of hydrogen-bond acceptors (Lipinski definition) is 6. The minimum atomic E-state index is -0.586. The van der Waals surface area contributed by atoms with Crippen LogP contribution in [0.1, 0.15) is 51.6 Å². The molecule has 0 saturated heterocycles. The molecule has 4 aromatic carbocycles. The summed E-state index contributed by atoms with van der Waals surface area (Å²) in [5, 5.41) is 8.91. The topological polar surface area (TPSA) is 133 Å². The first-order valence-corrected chi connectivity index (χ1v) is 16.0. The molecular weight excluding hydrogens is 608 g/mol. The van der Waals surface area contributed by atoms with Gasteiger partial charge in [0.05, 0.1) is 28.4 Å². The number of ether oxygens (including phenoxy) is 4. The highest BCUT2D eigenvalue weighted by Crippen LogP contribution is 2.56. The van der Waals surface area contributed by atoms with Crippen molar-refractivity contribution in [3.8, 4) is 23.0 Å². The molecule has 0 saturated carbocycles. The van der Waals surface area contributed by atoms with E-state index in [9.17, 15) is 9.59 Å². The summed E-state index contributed by atoms with van der Waals surface area (Å²) >= 11 is 0. The van der Waals surface area contributed by atoms with Gasteiger partial charge < -0.3 is 40.6 Å². The van der Waals surface area contributed by atoms with Crippen molar-refractivity contribution >= 4 is 12.1 Å². The number of carbonyl (C=O) groups is 2. The zero-order valence-electron chi connectivity index (χ0n) is 27.9. The molecule has 0 fully saturated rings. The minimum absolute atomic E-state index is 0.0892. The SMILES string of the molecule is COc1ccc(C2c3c(cc(OC)c(OC)c3Cc3ccccc3)C(CCNC(N)=O)C2CNC(=O)NCc2ccccc2)cc1OC. The molecule has 48 heavy (non-hydrogen) atoms. The number of hydrogen-bond donors (Lipinski definition) is 4. The van der Waals surface area contributed by atoms with Crippen LogP contribution in [0.25, 0.3) is 0 Å². The molecule has 4 amide bonds. The van der Waals surface area contributed by atoms with E-state index in [1.54, 1.807) is 28.4 Å². The maximum Gasteiger partial charge on any atom is 0.315 e. The number of methoxy groups -OCH3 is 4. The van der Waals surface area contributed by atoms with E-state index >= 15 is 0 Å². The van der Waals surface area contributed by atoms with Gasteiger partial charge in [-0.3, -0.25) is 0 Å². The number of nitrogens with one attached hydrogen (secondary N) is 3. The lowest BCUT2D eigenvalue weighted by Crippen LogP contribution is -2.40. The highest BCUT2D eigenvalue weighted by molar-refractivity contribution is 5.74. The second kappa shape index (κ2) is 15.9. The van der Waals surface area contributed by atoms with Crippen molar-refractivity contribution in [2.75, 3.05) is 41.5 Å².